The molecule has 16 heavy (non-hydrogen) atoms. The van der Waals surface area contributed by atoms with Gasteiger partial charge in [-0.05, 0) is 6.07 Å². The smallest absolute Gasteiger partial charge is 0.417 e. The highest BCUT2D eigenvalue weighted by molar-refractivity contribution is 7.80. The van der Waals surface area contributed by atoms with Crippen molar-refractivity contribution in [2.24, 2.45) is 0 Å². The molecule has 86 valence electrons. The molecule has 2 nitrogen and oxygen atoms in total. The van der Waals surface area contributed by atoms with Crippen LogP contribution in [0.1, 0.15) is 11.1 Å². The topological polar surface area (TPSA) is 22.1 Å². The molecule has 0 N–H and O–H groups in total. The van der Waals surface area contributed by atoms with Gasteiger partial charge < -0.3 is 4.74 Å². The number of aromatic nitrogens is 1. The lowest BCUT2D eigenvalue weighted by Gasteiger charge is -2.08. The van der Waals surface area contributed by atoms with E-state index in [-0.39, 0.29) is 17.2 Å². The summed E-state index contributed by atoms with van der Waals surface area (Å²) >= 11 is 3.84. The molecule has 1 rings (SSSR count). The molecule has 0 spiro atoms. The van der Waals surface area contributed by atoms with Crippen LogP contribution in [0.2, 0.25) is 0 Å². The van der Waals surface area contributed by atoms with Crippen LogP contribution in [0.5, 0.6) is 5.88 Å². The number of pyridine rings is 1. The van der Waals surface area contributed by atoms with Gasteiger partial charge in [0.25, 0.3) is 0 Å². The Bertz CT molecular complexity index is 434. The fourth-order valence-corrected chi connectivity index (χ4v) is 1.07. The number of rotatable bonds is 1. The van der Waals surface area contributed by atoms with E-state index >= 15 is 0 Å². The summed E-state index contributed by atoms with van der Waals surface area (Å²) in [6.07, 6.45) is -3.72. The molecular weight excluding hydrogens is 239 g/mol. The Labute approximate surface area is 96.2 Å². The first kappa shape index (κ1) is 12.7. The number of methoxy groups -OCH3 is 1. The zero-order valence-corrected chi connectivity index (χ0v) is 9.19. The van der Waals surface area contributed by atoms with Crippen molar-refractivity contribution in [3.05, 3.63) is 23.4 Å². The molecule has 1 aromatic rings. The van der Waals surface area contributed by atoms with Crippen LogP contribution in [0.25, 0.3) is 0 Å². The number of thiol groups is 1. The number of hydrogen-bond acceptors (Lipinski definition) is 3. The molecule has 0 aliphatic carbocycles. The Morgan fingerprint density at radius 2 is 2.19 bits per heavy atom. The Kier molecular flexibility index (Phi) is 4.07. The van der Waals surface area contributed by atoms with E-state index in [1.165, 1.54) is 7.11 Å². The van der Waals surface area contributed by atoms with E-state index in [0.29, 0.717) is 6.20 Å². The zero-order valence-electron chi connectivity index (χ0n) is 8.30. The van der Waals surface area contributed by atoms with Gasteiger partial charge in [-0.1, -0.05) is 11.8 Å². The van der Waals surface area contributed by atoms with Crippen molar-refractivity contribution in [3.8, 4) is 17.7 Å². The summed E-state index contributed by atoms with van der Waals surface area (Å²) in [5.74, 6) is 5.38. The molecule has 0 saturated heterocycles. The van der Waals surface area contributed by atoms with E-state index < -0.39 is 11.7 Å². The maximum Gasteiger partial charge on any atom is 0.417 e. The Balaban J connectivity index is 3.21. The predicted octanol–water partition coefficient (Wildman–Crippen LogP) is 2.39. The van der Waals surface area contributed by atoms with Crippen molar-refractivity contribution >= 4 is 12.6 Å². The summed E-state index contributed by atoms with van der Waals surface area (Å²) in [6, 6.07) is 0.905. The van der Waals surface area contributed by atoms with Gasteiger partial charge in [0.2, 0.25) is 5.88 Å². The standard InChI is InChI=1S/C10H8F3NOS/c1-15-9-7(3-2-4-16)5-8(6-14-9)10(11,12)13/h5-6,16H,4H2,1H3. The molecule has 0 bridgehead atoms. The van der Waals surface area contributed by atoms with Crippen LogP contribution < -0.4 is 4.74 Å². The second-order valence-electron chi connectivity index (χ2n) is 2.74. The van der Waals surface area contributed by atoms with Gasteiger partial charge in [-0.25, -0.2) is 4.98 Å². The fourth-order valence-electron chi connectivity index (χ4n) is 0.994. The van der Waals surface area contributed by atoms with Crippen LogP contribution in [-0.2, 0) is 6.18 Å². The second kappa shape index (κ2) is 5.12. The zero-order chi connectivity index (χ0) is 12.2. The molecule has 6 heteroatoms. The lowest BCUT2D eigenvalue weighted by Crippen LogP contribution is -2.06. The quantitative estimate of drug-likeness (QED) is 0.608. The predicted molar refractivity (Wildman–Crippen MR) is 56.5 cm³/mol. The van der Waals surface area contributed by atoms with Crippen molar-refractivity contribution in [2.75, 3.05) is 12.9 Å². The van der Waals surface area contributed by atoms with Crippen molar-refractivity contribution in [1.82, 2.24) is 4.98 Å². The van der Waals surface area contributed by atoms with Gasteiger partial charge in [-0.3, -0.25) is 0 Å². The molecular formula is C10H8F3NOS. The highest BCUT2D eigenvalue weighted by Gasteiger charge is 2.31. The van der Waals surface area contributed by atoms with Gasteiger partial charge in [0, 0.05) is 6.20 Å². The summed E-state index contributed by atoms with van der Waals surface area (Å²) < 4.78 is 41.9. The maximum atomic E-state index is 12.4. The molecule has 0 atom stereocenters. The molecule has 0 saturated carbocycles. The fraction of sp³-hybridized carbons (Fsp3) is 0.300. The van der Waals surface area contributed by atoms with Crippen LogP contribution in [0.3, 0.4) is 0 Å². The van der Waals surface area contributed by atoms with Crippen LogP contribution in [-0.4, -0.2) is 17.8 Å². The third kappa shape index (κ3) is 3.07. The molecule has 0 radical (unpaired) electrons. The number of halogens is 3. The lowest BCUT2D eigenvalue weighted by atomic mass is 10.2. The van der Waals surface area contributed by atoms with Crippen LogP contribution >= 0.6 is 12.6 Å². The Morgan fingerprint density at radius 3 is 2.69 bits per heavy atom. The Morgan fingerprint density at radius 1 is 1.50 bits per heavy atom. The van der Waals surface area contributed by atoms with E-state index in [0.717, 1.165) is 6.07 Å². The van der Waals surface area contributed by atoms with Crippen molar-refractivity contribution in [3.63, 3.8) is 0 Å². The first-order chi connectivity index (χ1) is 7.49. The van der Waals surface area contributed by atoms with Gasteiger partial charge in [0.1, 0.15) is 0 Å². The monoisotopic (exact) mass is 247 g/mol. The van der Waals surface area contributed by atoms with Gasteiger partial charge in [-0.15, -0.1) is 0 Å². The van der Waals surface area contributed by atoms with Gasteiger partial charge in [-0.2, -0.15) is 25.8 Å². The highest BCUT2D eigenvalue weighted by atomic mass is 32.1. The molecule has 0 amide bonds. The summed E-state index contributed by atoms with van der Waals surface area (Å²) in [7, 11) is 1.32. The minimum atomic E-state index is -4.43. The first-order valence-corrected chi connectivity index (χ1v) is 4.83. The number of hydrogen-bond donors (Lipinski definition) is 1. The largest absolute Gasteiger partial charge is 0.480 e. The van der Waals surface area contributed by atoms with E-state index in [9.17, 15) is 13.2 Å². The lowest BCUT2D eigenvalue weighted by molar-refractivity contribution is -0.137. The minimum Gasteiger partial charge on any atom is -0.480 e. The van der Waals surface area contributed by atoms with E-state index in [4.69, 9.17) is 4.74 Å². The van der Waals surface area contributed by atoms with Crippen molar-refractivity contribution < 1.29 is 17.9 Å². The summed E-state index contributed by atoms with van der Waals surface area (Å²) in [6.45, 7) is 0. The van der Waals surface area contributed by atoms with E-state index in [1.807, 2.05) is 0 Å². The molecule has 0 aliphatic rings. The molecule has 0 unspecified atom stereocenters. The van der Waals surface area contributed by atoms with E-state index in [1.54, 1.807) is 0 Å². The van der Waals surface area contributed by atoms with Crippen molar-refractivity contribution in [1.29, 1.82) is 0 Å². The average molecular weight is 247 g/mol. The summed E-state index contributed by atoms with van der Waals surface area (Å²) in [5, 5.41) is 0. The third-order valence-electron chi connectivity index (χ3n) is 1.67. The third-order valence-corrected chi connectivity index (χ3v) is 1.83. The van der Waals surface area contributed by atoms with Crippen LogP contribution in [0.4, 0.5) is 13.2 Å². The van der Waals surface area contributed by atoms with Gasteiger partial charge in [0.15, 0.2) is 0 Å². The normalized spacial score (nSPS) is 10.6. The van der Waals surface area contributed by atoms with Crippen LogP contribution in [0.15, 0.2) is 12.3 Å². The molecule has 1 heterocycles. The molecule has 0 aromatic carbocycles. The number of alkyl halides is 3. The van der Waals surface area contributed by atoms with E-state index in [2.05, 4.69) is 29.5 Å². The van der Waals surface area contributed by atoms with Gasteiger partial charge in [0.05, 0.1) is 24.0 Å². The minimum absolute atomic E-state index is 0.0716. The maximum absolute atomic E-state index is 12.4. The Hall–Kier alpha value is -1.35. The number of ether oxygens (including phenoxy) is 1. The van der Waals surface area contributed by atoms with Crippen molar-refractivity contribution in [2.45, 2.75) is 6.18 Å². The second-order valence-corrected chi connectivity index (χ2v) is 3.05. The molecule has 0 aliphatic heterocycles. The van der Waals surface area contributed by atoms with Gasteiger partial charge >= 0.3 is 6.18 Å². The van der Waals surface area contributed by atoms with Crippen LogP contribution in [0, 0.1) is 11.8 Å². The highest BCUT2D eigenvalue weighted by Crippen LogP contribution is 2.30. The molecule has 1 aromatic heterocycles. The number of nitrogens with zero attached hydrogens (tertiary/aromatic N) is 1. The first-order valence-electron chi connectivity index (χ1n) is 4.20. The summed E-state index contributed by atoms with van der Waals surface area (Å²) in [5.41, 5.74) is -0.747. The molecule has 0 fully saturated rings. The average Bonchev–Trinajstić information content (AvgIpc) is 2.24. The summed E-state index contributed by atoms with van der Waals surface area (Å²) in [4.78, 5) is 3.55. The SMILES string of the molecule is COc1ncc(C(F)(F)F)cc1C#CCS.